The molecule has 0 bridgehead atoms. The summed E-state index contributed by atoms with van der Waals surface area (Å²) < 4.78 is 5.44. The van der Waals surface area contributed by atoms with Gasteiger partial charge in [-0.3, -0.25) is 0 Å². The lowest BCUT2D eigenvalue weighted by Gasteiger charge is -2.17. The van der Waals surface area contributed by atoms with Crippen molar-refractivity contribution in [2.75, 3.05) is 17.7 Å². The molecule has 1 aliphatic heterocycles. The van der Waals surface area contributed by atoms with E-state index in [-0.39, 0.29) is 12.1 Å². The summed E-state index contributed by atoms with van der Waals surface area (Å²) >= 11 is 0. The lowest BCUT2D eigenvalue weighted by molar-refractivity contribution is 0.121. The fraction of sp³-hybridized carbons (Fsp3) is 0.455. The molecule has 5 heteroatoms. The maximum atomic E-state index is 8.97. The molecule has 1 saturated heterocycles. The molecule has 2 unspecified atom stereocenters. The quantitative estimate of drug-likeness (QED) is 0.777. The van der Waals surface area contributed by atoms with E-state index in [0.717, 1.165) is 13.0 Å². The van der Waals surface area contributed by atoms with E-state index in [1.54, 1.807) is 12.3 Å². The van der Waals surface area contributed by atoms with Gasteiger partial charge in [-0.2, -0.15) is 5.26 Å². The third-order valence-electron chi connectivity index (χ3n) is 2.73. The van der Waals surface area contributed by atoms with Crippen LogP contribution in [0.25, 0.3) is 0 Å². The number of nitriles is 1. The number of nitrogens with zero attached hydrogens (tertiary/aromatic N) is 2. The van der Waals surface area contributed by atoms with Gasteiger partial charge in [0.05, 0.1) is 29.6 Å². The number of nitrogens with two attached hydrogens (primary N) is 1. The number of nitrogens with one attached hydrogen (secondary N) is 1. The highest BCUT2D eigenvalue weighted by Crippen LogP contribution is 2.20. The number of hydrogen-bond donors (Lipinski definition) is 2. The molecule has 3 N–H and O–H groups in total. The Bertz CT molecular complexity index is 426. The molecular formula is C11H14N4O. The van der Waals surface area contributed by atoms with Crippen LogP contribution in [0.4, 0.5) is 11.5 Å². The summed E-state index contributed by atoms with van der Waals surface area (Å²) in [5.74, 6) is 0.582. The van der Waals surface area contributed by atoms with E-state index in [4.69, 9.17) is 15.7 Å². The normalized spacial score (nSPS) is 24.0. The van der Waals surface area contributed by atoms with E-state index in [9.17, 15) is 0 Å². The van der Waals surface area contributed by atoms with E-state index in [1.165, 1.54) is 0 Å². The maximum absolute atomic E-state index is 8.97. The second kappa shape index (κ2) is 4.37. The first-order chi connectivity index (χ1) is 7.70. The number of pyridine rings is 1. The Balaban J connectivity index is 2.18. The number of ether oxygens (including phenoxy) is 1. The van der Waals surface area contributed by atoms with Crippen molar-refractivity contribution in [3.05, 3.63) is 17.8 Å². The van der Waals surface area contributed by atoms with Crippen LogP contribution < -0.4 is 11.1 Å². The molecule has 2 heterocycles. The van der Waals surface area contributed by atoms with Crippen LogP contribution in [0.3, 0.4) is 0 Å². The van der Waals surface area contributed by atoms with Crippen molar-refractivity contribution in [1.29, 1.82) is 5.26 Å². The SMILES string of the molecule is CC1OCCC1Nc1ncc(N)cc1C#N. The Kier molecular flexibility index (Phi) is 2.93. The second-order valence-electron chi connectivity index (χ2n) is 3.89. The molecule has 5 nitrogen and oxygen atoms in total. The van der Waals surface area contributed by atoms with Crippen molar-refractivity contribution in [3.8, 4) is 6.07 Å². The standard InChI is InChI=1S/C11H14N4O/c1-7-10(2-3-16-7)15-11-8(5-12)4-9(13)6-14-11/h4,6-7,10H,2-3,13H2,1H3,(H,14,15). The lowest BCUT2D eigenvalue weighted by atomic mass is 10.1. The van der Waals surface area contributed by atoms with Crippen LogP contribution in [0.5, 0.6) is 0 Å². The van der Waals surface area contributed by atoms with Crippen molar-refractivity contribution < 1.29 is 4.74 Å². The van der Waals surface area contributed by atoms with E-state index >= 15 is 0 Å². The predicted octanol–water partition coefficient (Wildman–Crippen LogP) is 1.12. The Hall–Kier alpha value is -1.80. The van der Waals surface area contributed by atoms with Gasteiger partial charge in [0.2, 0.25) is 0 Å². The smallest absolute Gasteiger partial charge is 0.144 e. The van der Waals surface area contributed by atoms with Crippen LogP contribution in [0.2, 0.25) is 0 Å². The second-order valence-corrected chi connectivity index (χ2v) is 3.89. The molecule has 0 amide bonds. The number of rotatable bonds is 2. The monoisotopic (exact) mass is 218 g/mol. The molecule has 1 aromatic rings. The number of aromatic nitrogens is 1. The van der Waals surface area contributed by atoms with Gasteiger partial charge in [-0.15, -0.1) is 0 Å². The summed E-state index contributed by atoms with van der Waals surface area (Å²) in [6.07, 6.45) is 2.62. The average Bonchev–Trinajstić information content (AvgIpc) is 2.67. The zero-order valence-corrected chi connectivity index (χ0v) is 9.10. The molecule has 1 aliphatic rings. The first-order valence-corrected chi connectivity index (χ1v) is 5.24. The lowest BCUT2D eigenvalue weighted by Crippen LogP contribution is -2.27. The third kappa shape index (κ3) is 2.07. The van der Waals surface area contributed by atoms with Gasteiger partial charge in [-0.25, -0.2) is 4.98 Å². The van der Waals surface area contributed by atoms with E-state index in [1.807, 2.05) is 6.92 Å². The van der Waals surface area contributed by atoms with E-state index < -0.39 is 0 Å². The molecule has 0 aromatic carbocycles. The number of anilines is 2. The highest BCUT2D eigenvalue weighted by molar-refractivity contribution is 5.57. The van der Waals surface area contributed by atoms with Crippen LogP contribution >= 0.6 is 0 Å². The van der Waals surface area contributed by atoms with Crippen molar-refractivity contribution in [3.63, 3.8) is 0 Å². The first kappa shape index (κ1) is 10.7. The molecule has 0 radical (unpaired) electrons. The summed E-state index contributed by atoms with van der Waals surface area (Å²) in [5, 5.41) is 12.2. The van der Waals surface area contributed by atoms with E-state index in [2.05, 4.69) is 16.4 Å². The summed E-state index contributed by atoms with van der Waals surface area (Å²) in [4.78, 5) is 4.13. The van der Waals surface area contributed by atoms with Gasteiger partial charge in [0.1, 0.15) is 11.9 Å². The fourth-order valence-corrected chi connectivity index (χ4v) is 1.78. The molecule has 16 heavy (non-hydrogen) atoms. The van der Waals surface area contributed by atoms with E-state index in [0.29, 0.717) is 17.1 Å². The largest absolute Gasteiger partial charge is 0.397 e. The molecule has 2 rings (SSSR count). The Labute approximate surface area is 94.2 Å². The number of nitrogen functional groups attached to an aromatic ring is 1. The zero-order chi connectivity index (χ0) is 11.5. The molecule has 1 fully saturated rings. The van der Waals surface area contributed by atoms with Crippen molar-refractivity contribution in [2.45, 2.75) is 25.5 Å². The van der Waals surface area contributed by atoms with Gasteiger partial charge >= 0.3 is 0 Å². The van der Waals surface area contributed by atoms with Crippen LogP contribution in [0.15, 0.2) is 12.3 Å². The van der Waals surface area contributed by atoms with Gasteiger partial charge in [0.25, 0.3) is 0 Å². The minimum atomic E-state index is 0.144. The number of hydrogen-bond acceptors (Lipinski definition) is 5. The predicted molar refractivity (Wildman–Crippen MR) is 60.8 cm³/mol. The molecule has 2 atom stereocenters. The Morgan fingerprint density at radius 2 is 2.50 bits per heavy atom. The van der Waals surface area contributed by atoms with Crippen molar-refractivity contribution >= 4 is 11.5 Å². The molecule has 0 saturated carbocycles. The average molecular weight is 218 g/mol. The van der Waals surface area contributed by atoms with Gasteiger partial charge in [-0.1, -0.05) is 0 Å². The summed E-state index contributed by atoms with van der Waals surface area (Å²) in [7, 11) is 0. The van der Waals surface area contributed by atoms with Crippen LogP contribution in [0.1, 0.15) is 18.9 Å². The van der Waals surface area contributed by atoms with Crippen molar-refractivity contribution in [1.82, 2.24) is 4.98 Å². The van der Waals surface area contributed by atoms with Gasteiger partial charge < -0.3 is 15.8 Å². The fourth-order valence-electron chi connectivity index (χ4n) is 1.78. The Morgan fingerprint density at radius 3 is 3.12 bits per heavy atom. The molecule has 1 aromatic heterocycles. The maximum Gasteiger partial charge on any atom is 0.144 e. The highest BCUT2D eigenvalue weighted by Gasteiger charge is 2.24. The van der Waals surface area contributed by atoms with Gasteiger partial charge in [0.15, 0.2) is 0 Å². The first-order valence-electron chi connectivity index (χ1n) is 5.24. The molecule has 0 aliphatic carbocycles. The van der Waals surface area contributed by atoms with Crippen molar-refractivity contribution in [2.24, 2.45) is 0 Å². The topological polar surface area (TPSA) is 84.0 Å². The summed E-state index contributed by atoms with van der Waals surface area (Å²) in [6, 6.07) is 3.91. The van der Waals surface area contributed by atoms with Crippen LogP contribution in [-0.4, -0.2) is 23.7 Å². The summed E-state index contributed by atoms with van der Waals surface area (Å²) in [6.45, 7) is 2.75. The molecule has 0 spiro atoms. The molecular weight excluding hydrogens is 204 g/mol. The van der Waals surface area contributed by atoms with Gasteiger partial charge in [0, 0.05) is 6.61 Å². The minimum Gasteiger partial charge on any atom is -0.397 e. The van der Waals surface area contributed by atoms with Crippen LogP contribution in [-0.2, 0) is 4.74 Å². The van der Waals surface area contributed by atoms with Crippen LogP contribution in [0, 0.1) is 11.3 Å². The zero-order valence-electron chi connectivity index (χ0n) is 9.10. The van der Waals surface area contributed by atoms with Gasteiger partial charge in [-0.05, 0) is 19.4 Å². The highest BCUT2D eigenvalue weighted by atomic mass is 16.5. The Morgan fingerprint density at radius 1 is 1.69 bits per heavy atom. The minimum absolute atomic E-state index is 0.144. The third-order valence-corrected chi connectivity index (χ3v) is 2.73. The molecule has 84 valence electrons. The summed E-state index contributed by atoms with van der Waals surface area (Å²) in [5.41, 5.74) is 6.54.